The predicted octanol–water partition coefficient (Wildman–Crippen LogP) is 3.79. The number of hydrogen-bond acceptors (Lipinski definition) is 2. The molecule has 0 bridgehead atoms. The molecule has 0 atom stereocenters. The lowest BCUT2D eigenvalue weighted by molar-refractivity contribution is -0.137. The summed E-state index contributed by atoms with van der Waals surface area (Å²) in [5.41, 5.74) is -0.463. The van der Waals surface area contributed by atoms with Crippen molar-refractivity contribution in [1.82, 2.24) is 5.32 Å². The van der Waals surface area contributed by atoms with Gasteiger partial charge in [-0.25, -0.2) is 0 Å². The van der Waals surface area contributed by atoms with E-state index in [1.54, 1.807) is 7.11 Å². The zero-order valence-electron chi connectivity index (χ0n) is 10.7. The molecular weight excluding hydrogens is 357 g/mol. The van der Waals surface area contributed by atoms with Crippen molar-refractivity contribution in [3.63, 3.8) is 0 Å². The summed E-state index contributed by atoms with van der Waals surface area (Å²) in [5.74, 6) is 0. The van der Waals surface area contributed by atoms with Crippen LogP contribution in [0, 0.1) is 0 Å². The monoisotopic (exact) mass is 370 g/mol. The molecule has 1 rings (SSSR count). The number of anilines is 1. The van der Waals surface area contributed by atoms with Gasteiger partial charge in [0, 0.05) is 24.7 Å². The van der Waals surface area contributed by atoms with Gasteiger partial charge in [-0.2, -0.15) is 13.2 Å². The fourth-order valence-electron chi connectivity index (χ4n) is 1.38. The number of methoxy groups -OCH3 is 1. The van der Waals surface area contributed by atoms with Gasteiger partial charge in [-0.3, -0.25) is 0 Å². The summed E-state index contributed by atoms with van der Waals surface area (Å²) >= 11 is 8.20. The van der Waals surface area contributed by atoms with E-state index in [0.29, 0.717) is 17.6 Å². The van der Waals surface area contributed by atoms with Crippen LogP contribution in [0.4, 0.5) is 18.9 Å². The van der Waals surface area contributed by atoms with Crippen LogP contribution in [0.25, 0.3) is 0 Å². The van der Waals surface area contributed by atoms with Crippen molar-refractivity contribution in [2.24, 2.45) is 0 Å². The molecule has 0 amide bonds. The highest BCUT2D eigenvalue weighted by molar-refractivity contribution is 9.10. The maximum Gasteiger partial charge on any atom is 0.416 e. The lowest BCUT2D eigenvalue weighted by atomic mass is 10.2. The number of nitrogens with one attached hydrogen (secondary N) is 2. The quantitative estimate of drug-likeness (QED) is 0.610. The molecule has 0 aliphatic heterocycles. The van der Waals surface area contributed by atoms with Crippen LogP contribution in [-0.2, 0) is 10.9 Å². The fourth-order valence-corrected chi connectivity index (χ4v) is 1.94. The third-order valence-electron chi connectivity index (χ3n) is 2.35. The van der Waals surface area contributed by atoms with Gasteiger partial charge < -0.3 is 15.4 Å². The Hall–Kier alpha value is -0.860. The van der Waals surface area contributed by atoms with E-state index in [-0.39, 0.29) is 10.8 Å². The Morgan fingerprint density at radius 3 is 2.70 bits per heavy atom. The summed E-state index contributed by atoms with van der Waals surface area (Å²) < 4.78 is 43.2. The number of hydrogen-bond donors (Lipinski definition) is 2. The summed E-state index contributed by atoms with van der Waals surface area (Å²) in [7, 11) is 1.59. The smallest absolute Gasteiger partial charge is 0.385 e. The van der Waals surface area contributed by atoms with E-state index in [1.807, 2.05) is 0 Å². The predicted molar refractivity (Wildman–Crippen MR) is 79.9 cm³/mol. The highest BCUT2D eigenvalue weighted by atomic mass is 79.9. The van der Waals surface area contributed by atoms with E-state index in [1.165, 1.54) is 6.07 Å². The maximum absolute atomic E-state index is 12.6. The average molecular weight is 371 g/mol. The third kappa shape index (κ3) is 5.64. The Morgan fingerprint density at radius 2 is 2.10 bits per heavy atom. The van der Waals surface area contributed by atoms with Crippen molar-refractivity contribution in [3.8, 4) is 0 Å². The summed E-state index contributed by atoms with van der Waals surface area (Å²) in [5, 5.41) is 5.89. The van der Waals surface area contributed by atoms with Crippen LogP contribution in [0.2, 0.25) is 0 Å². The van der Waals surface area contributed by atoms with Gasteiger partial charge in [0.25, 0.3) is 0 Å². The first-order chi connectivity index (χ1) is 9.34. The lowest BCUT2D eigenvalue weighted by Crippen LogP contribution is -2.30. The van der Waals surface area contributed by atoms with Gasteiger partial charge in [-0.1, -0.05) is 0 Å². The van der Waals surface area contributed by atoms with Crippen LogP contribution in [-0.4, -0.2) is 25.4 Å². The number of alkyl halides is 3. The third-order valence-corrected chi connectivity index (χ3v) is 3.29. The molecule has 0 heterocycles. The highest BCUT2D eigenvalue weighted by Gasteiger charge is 2.30. The van der Waals surface area contributed by atoms with Crippen LogP contribution in [0.1, 0.15) is 12.0 Å². The number of rotatable bonds is 5. The number of ether oxygens (including phenoxy) is 1. The van der Waals surface area contributed by atoms with E-state index in [4.69, 9.17) is 17.0 Å². The molecule has 3 nitrogen and oxygen atoms in total. The Balaban J connectivity index is 2.65. The molecule has 0 saturated heterocycles. The van der Waals surface area contributed by atoms with Gasteiger partial charge >= 0.3 is 6.18 Å². The highest BCUT2D eigenvalue weighted by Crippen LogP contribution is 2.33. The minimum atomic E-state index is -4.38. The Bertz CT molecular complexity index is 469. The molecule has 8 heteroatoms. The lowest BCUT2D eigenvalue weighted by Gasteiger charge is -2.14. The van der Waals surface area contributed by atoms with Gasteiger partial charge in [0.05, 0.1) is 11.3 Å². The zero-order valence-corrected chi connectivity index (χ0v) is 13.1. The van der Waals surface area contributed by atoms with Crippen LogP contribution >= 0.6 is 28.1 Å². The SMILES string of the molecule is COCCCNC(=S)Nc1cc(C(F)(F)F)ccc1Br. The van der Waals surface area contributed by atoms with Crippen molar-refractivity contribution < 1.29 is 17.9 Å². The minimum Gasteiger partial charge on any atom is -0.385 e. The largest absolute Gasteiger partial charge is 0.416 e. The van der Waals surface area contributed by atoms with Crippen LogP contribution < -0.4 is 10.6 Å². The molecule has 0 aliphatic rings. The molecule has 0 radical (unpaired) electrons. The summed E-state index contributed by atoms with van der Waals surface area (Å²) in [4.78, 5) is 0. The van der Waals surface area contributed by atoms with Crippen molar-refractivity contribution in [1.29, 1.82) is 0 Å². The second kappa shape index (κ2) is 7.80. The molecule has 0 aromatic heterocycles. The van der Waals surface area contributed by atoms with Gasteiger partial charge in [-0.05, 0) is 52.8 Å². The van der Waals surface area contributed by atoms with Crippen LogP contribution in [0.3, 0.4) is 0 Å². The first-order valence-electron chi connectivity index (χ1n) is 5.75. The minimum absolute atomic E-state index is 0.265. The second-order valence-electron chi connectivity index (χ2n) is 3.92. The normalized spacial score (nSPS) is 11.2. The van der Waals surface area contributed by atoms with Crippen LogP contribution in [0.5, 0.6) is 0 Å². The summed E-state index contributed by atoms with van der Waals surface area (Å²) in [6.07, 6.45) is -3.63. The fraction of sp³-hybridized carbons (Fsp3) is 0.417. The Morgan fingerprint density at radius 1 is 1.40 bits per heavy atom. The van der Waals surface area contributed by atoms with Crippen molar-refractivity contribution >= 4 is 38.9 Å². The number of halogens is 4. The topological polar surface area (TPSA) is 33.3 Å². The van der Waals surface area contributed by atoms with Crippen molar-refractivity contribution in [3.05, 3.63) is 28.2 Å². The molecule has 1 aromatic carbocycles. The molecule has 1 aromatic rings. The van der Waals surface area contributed by atoms with Crippen LogP contribution in [0.15, 0.2) is 22.7 Å². The summed E-state index contributed by atoms with van der Waals surface area (Å²) in [6, 6.07) is 3.34. The molecule has 2 N–H and O–H groups in total. The molecule has 0 spiro atoms. The molecule has 0 aliphatic carbocycles. The molecule has 20 heavy (non-hydrogen) atoms. The molecule has 112 valence electrons. The average Bonchev–Trinajstić information content (AvgIpc) is 2.36. The van der Waals surface area contributed by atoms with Gasteiger partial charge in [0.15, 0.2) is 5.11 Å². The first kappa shape index (κ1) is 17.2. The Labute approximate surface area is 129 Å². The molecular formula is C12H14BrF3N2OS. The second-order valence-corrected chi connectivity index (χ2v) is 5.18. The van der Waals surface area contributed by atoms with E-state index in [9.17, 15) is 13.2 Å². The van der Waals surface area contributed by atoms with Gasteiger partial charge in [0.2, 0.25) is 0 Å². The van der Waals surface area contributed by atoms with E-state index < -0.39 is 11.7 Å². The van der Waals surface area contributed by atoms with Crippen molar-refractivity contribution in [2.75, 3.05) is 25.6 Å². The zero-order chi connectivity index (χ0) is 15.2. The van der Waals surface area contributed by atoms with Gasteiger partial charge in [0.1, 0.15) is 0 Å². The first-order valence-corrected chi connectivity index (χ1v) is 6.95. The van der Waals surface area contributed by atoms with E-state index >= 15 is 0 Å². The maximum atomic E-state index is 12.6. The molecule has 0 saturated carbocycles. The number of thiocarbonyl (C=S) groups is 1. The summed E-state index contributed by atoms with van der Waals surface area (Å²) in [6.45, 7) is 1.17. The number of benzene rings is 1. The van der Waals surface area contributed by atoms with Crippen molar-refractivity contribution in [2.45, 2.75) is 12.6 Å². The van der Waals surface area contributed by atoms with Gasteiger partial charge in [-0.15, -0.1) is 0 Å². The Kier molecular flexibility index (Phi) is 6.70. The molecule has 0 unspecified atom stereocenters. The molecule has 0 fully saturated rings. The standard InChI is InChI=1S/C12H14BrF3N2OS/c1-19-6-2-5-17-11(20)18-10-7-8(12(14,15)16)3-4-9(10)13/h3-4,7H,2,5-6H2,1H3,(H2,17,18,20). The van der Waals surface area contributed by atoms with E-state index in [0.717, 1.165) is 18.6 Å². The van der Waals surface area contributed by atoms with E-state index in [2.05, 4.69) is 26.6 Å².